The Morgan fingerprint density at radius 1 is 1.33 bits per heavy atom. The molecule has 1 aromatic heterocycles. The molecule has 84 valence electrons. The highest BCUT2D eigenvalue weighted by molar-refractivity contribution is 14.1. The van der Waals surface area contributed by atoms with Crippen LogP contribution in [0.2, 0.25) is 0 Å². The minimum Gasteiger partial charge on any atom is -0.249 e. The monoisotopic (exact) mass is 401 g/mol. The van der Waals surface area contributed by atoms with Gasteiger partial charge >= 0.3 is 6.18 Å². The zero-order valence-corrected chi connectivity index (χ0v) is 10.5. The van der Waals surface area contributed by atoms with Crippen molar-refractivity contribution in [2.24, 2.45) is 0 Å². The molecule has 0 saturated heterocycles. The number of hydrogen-bond donors (Lipinski definition) is 0. The van der Waals surface area contributed by atoms with Gasteiger partial charge in [0.05, 0.1) is 11.1 Å². The zero-order valence-electron chi connectivity index (χ0n) is 6.75. The molecule has 1 aromatic rings. The van der Waals surface area contributed by atoms with Crippen LogP contribution in [-0.4, -0.2) is 4.98 Å². The average Bonchev–Trinajstić information content (AvgIpc) is 2.05. The number of rotatable bonds is 1. The number of nitrogens with zero attached hydrogens (tertiary/aromatic N) is 1. The van der Waals surface area contributed by atoms with Crippen molar-refractivity contribution < 1.29 is 22.0 Å². The summed E-state index contributed by atoms with van der Waals surface area (Å²) in [4.78, 5) is 3.43. The number of aromatic nitrogens is 1. The van der Waals surface area contributed by atoms with E-state index in [1.165, 1.54) is 22.6 Å². The van der Waals surface area contributed by atoms with E-state index in [0.717, 1.165) is 6.20 Å². The zero-order chi connectivity index (χ0) is 11.8. The molecule has 0 fully saturated rings. The lowest BCUT2D eigenvalue weighted by Gasteiger charge is -2.14. The van der Waals surface area contributed by atoms with Crippen LogP contribution >= 0.6 is 38.5 Å². The smallest absolute Gasteiger partial charge is 0.249 e. The number of pyridine rings is 1. The molecule has 0 atom stereocenters. The van der Waals surface area contributed by atoms with Gasteiger partial charge in [-0.25, -0.2) is 13.8 Å². The van der Waals surface area contributed by atoms with E-state index in [1.54, 1.807) is 0 Å². The third kappa shape index (κ3) is 2.77. The van der Waals surface area contributed by atoms with Gasteiger partial charge in [0.15, 0.2) is 0 Å². The SMILES string of the molecule is FC(F)c1c(I)ncc(Br)c1C(F)(F)F. The Bertz CT molecular complexity index is 378. The van der Waals surface area contributed by atoms with E-state index in [2.05, 4.69) is 20.9 Å². The lowest BCUT2D eigenvalue weighted by Crippen LogP contribution is -2.13. The number of hydrogen-bond acceptors (Lipinski definition) is 1. The van der Waals surface area contributed by atoms with Crippen molar-refractivity contribution in [3.05, 3.63) is 25.5 Å². The molecule has 0 aliphatic carbocycles. The van der Waals surface area contributed by atoms with Crippen molar-refractivity contribution in [2.45, 2.75) is 12.6 Å². The summed E-state index contributed by atoms with van der Waals surface area (Å²) in [6, 6.07) is 0. The fourth-order valence-corrected chi connectivity index (χ4v) is 2.15. The van der Waals surface area contributed by atoms with Crippen molar-refractivity contribution in [3.8, 4) is 0 Å². The van der Waals surface area contributed by atoms with Gasteiger partial charge < -0.3 is 0 Å². The summed E-state index contributed by atoms with van der Waals surface area (Å²) in [5, 5.41) is 0. The lowest BCUT2D eigenvalue weighted by molar-refractivity contribution is -0.140. The molecule has 0 N–H and O–H groups in total. The van der Waals surface area contributed by atoms with Crippen molar-refractivity contribution in [1.29, 1.82) is 0 Å². The van der Waals surface area contributed by atoms with Crippen LogP contribution in [0.3, 0.4) is 0 Å². The summed E-state index contributed by atoms with van der Waals surface area (Å²) in [7, 11) is 0. The third-order valence-electron chi connectivity index (χ3n) is 1.52. The summed E-state index contributed by atoms with van der Waals surface area (Å²) >= 11 is 3.91. The maximum Gasteiger partial charge on any atom is 0.418 e. The van der Waals surface area contributed by atoms with Crippen LogP contribution < -0.4 is 0 Å². The topological polar surface area (TPSA) is 12.9 Å². The largest absolute Gasteiger partial charge is 0.418 e. The molecule has 0 saturated carbocycles. The summed E-state index contributed by atoms with van der Waals surface area (Å²) in [6.45, 7) is 0. The van der Waals surface area contributed by atoms with Gasteiger partial charge in [-0.1, -0.05) is 0 Å². The van der Waals surface area contributed by atoms with Gasteiger partial charge in [-0.15, -0.1) is 0 Å². The average molecular weight is 402 g/mol. The quantitative estimate of drug-likeness (QED) is 0.386. The van der Waals surface area contributed by atoms with Crippen molar-refractivity contribution in [1.82, 2.24) is 4.98 Å². The first-order valence-corrected chi connectivity index (χ1v) is 5.31. The predicted molar refractivity (Wildman–Crippen MR) is 54.6 cm³/mol. The van der Waals surface area contributed by atoms with E-state index < -0.39 is 28.2 Å². The number of halogens is 7. The fraction of sp³-hybridized carbons (Fsp3) is 0.286. The van der Waals surface area contributed by atoms with E-state index in [0.29, 0.717) is 0 Å². The second-order valence-electron chi connectivity index (χ2n) is 2.48. The van der Waals surface area contributed by atoms with Crippen LogP contribution in [0.1, 0.15) is 17.6 Å². The molecular formula is C7H2BrF5IN. The highest BCUT2D eigenvalue weighted by Crippen LogP contribution is 2.41. The molecule has 0 aromatic carbocycles. The molecular weight excluding hydrogens is 400 g/mol. The maximum absolute atomic E-state index is 12.5. The van der Waals surface area contributed by atoms with Gasteiger partial charge in [-0.05, 0) is 38.5 Å². The summed E-state index contributed by atoms with van der Waals surface area (Å²) < 4.78 is 61.4. The molecule has 0 amide bonds. The minimum atomic E-state index is -4.83. The standard InChI is InChI=1S/C7H2BrF5IN/c8-2-1-15-6(14)3(5(9)10)4(2)7(11,12)13/h1,5H. The van der Waals surface area contributed by atoms with Gasteiger partial charge in [0, 0.05) is 10.7 Å². The first-order chi connectivity index (χ1) is 6.75. The second-order valence-corrected chi connectivity index (χ2v) is 4.36. The van der Waals surface area contributed by atoms with Crippen LogP contribution in [0.5, 0.6) is 0 Å². The Balaban J connectivity index is 3.53. The third-order valence-corrected chi connectivity index (χ3v) is 2.98. The fourth-order valence-electron chi connectivity index (χ4n) is 0.966. The molecule has 0 bridgehead atoms. The second kappa shape index (κ2) is 4.48. The lowest BCUT2D eigenvalue weighted by atomic mass is 10.1. The van der Waals surface area contributed by atoms with Gasteiger partial charge in [-0.3, -0.25) is 0 Å². The minimum absolute atomic E-state index is 0.349. The molecule has 0 unspecified atom stereocenters. The van der Waals surface area contributed by atoms with Crippen LogP contribution in [0.25, 0.3) is 0 Å². The Labute approximate surface area is 103 Å². The molecule has 1 heterocycles. The van der Waals surface area contributed by atoms with E-state index in [9.17, 15) is 22.0 Å². The molecule has 0 aliphatic heterocycles. The first kappa shape index (κ1) is 13.1. The van der Waals surface area contributed by atoms with Crippen LogP contribution in [-0.2, 0) is 6.18 Å². The summed E-state index contributed by atoms with van der Waals surface area (Å²) in [6.07, 6.45) is -7.18. The van der Waals surface area contributed by atoms with Crippen LogP contribution in [0.4, 0.5) is 22.0 Å². The molecule has 1 rings (SSSR count). The molecule has 0 spiro atoms. The van der Waals surface area contributed by atoms with E-state index in [4.69, 9.17) is 0 Å². The van der Waals surface area contributed by atoms with Gasteiger partial charge in [0.2, 0.25) is 0 Å². The molecule has 15 heavy (non-hydrogen) atoms. The molecule has 8 heteroatoms. The van der Waals surface area contributed by atoms with Gasteiger partial charge in [-0.2, -0.15) is 13.2 Å². The van der Waals surface area contributed by atoms with Gasteiger partial charge in [0.1, 0.15) is 3.70 Å². The maximum atomic E-state index is 12.5. The Kier molecular flexibility index (Phi) is 3.90. The van der Waals surface area contributed by atoms with Crippen molar-refractivity contribution in [3.63, 3.8) is 0 Å². The first-order valence-electron chi connectivity index (χ1n) is 3.44. The molecule has 0 aliphatic rings. The molecule has 0 radical (unpaired) electrons. The van der Waals surface area contributed by atoms with E-state index in [1.807, 2.05) is 0 Å². The number of alkyl halides is 5. The van der Waals surface area contributed by atoms with Crippen LogP contribution in [0.15, 0.2) is 10.7 Å². The normalized spacial score (nSPS) is 12.3. The summed E-state index contributed by atoms with van der Waals surface area (Å²) in [5.41, 5.74) is -2.45. The molecule has 1 nitrogen and oxygen atoms in total. The Morgan fingerprint density at radius 2 is 1.87 bits per heavy atom. The van der Waals surface area contributed by atoms with E-state index >= 15 is 0 Å². The van der Waals surface area contributed by atoms with Gasteiger partial charge in [0.25, 0.3) is 6.43 Å². The highest BCUT2D eigenvalue weighted by Gasteiger charge is 2.39. The Morgan fingerprint density at radius 3 is 2.20 bits per heavy atom. The predicted octanol–water partition coefficient (Wildman–Crippen LogP) is 4.41. The highest BCUT2D eigenvalue weighted by atomic mass is 127. The van der Waals surface area contributed by atoms with Crippen LogP contribution in [0, 0.1) is 3.70 Å². The summed E-state index contributed by atoms with van der Waals surface area (Å²) in [5.74, 6) is 0. The van der Waals surface area contributed by atoms with E-state index in [-0.39, 0.29) is 3.70 Å². The van der Waals surface area contributed by atoms with Crippen molar-refractivity contribution >= 4 is 38.5 Å². The van der Waals surface area contributed by atoms with Crippen molar-refractivity contribution in [2.75, 3.05) is 0 Å². The Hall–Kier alpha value is 0.01000.